The van der Waals surface area contributed by atoms with Gasteiger partial charge in [-0.3, -0.25) is 4.79 Å². The van der Waals surface area contributed by atoms with Gasteiger partial charge in [-0.05, 0) is 36.8 Å². The first-order valence-corrected chi connectivity index (χ1v) is 9.75. The van der Waals surface area contributed by atoms with Crippen LogP contribution in [0.25, 0.3) is 0 Å². The minimum atomic E-state index is -0.849. The van der Waals surface area contributed by atoms with Gasteiger partial charge in [0.2, 0.25) is 5.75 Å². The van der Waals surface area contributed by atoms with Crippen molar-refractivity contribution in [1.82, 2.24) is 5.43 Å². The molecule has 1 amide bonds. The molecule has 1 aliphatic rings. The van der Waals surface area contributed by atoms with E-state index in [9.17, 15) is 4.79 Å². The number of carbonyl (C=O) groups excluding carboxylic acids is 1. The number of fused-ring (bicyclic) bond motifs is 1. The smallest absolute Gasteiger partial charge is 0.273 e. The summed E-state index contributed by atoms with van der Waals surface area (Å²) in [6.07, 6.45) is 0.632. The number of hydrogen-bond donors (Lipinski definition) is 1. The van der Waals surface area contributed by atoms with Crippen LogP contribution in [0.4, 0.5) is 0 Å². The average Bonchev–Trinajstić information content (AvgIpc) is 2.81. The topological polar surface area (TPSA) is 96.8 Å². The van der Waals surface area contributed by atoms with E-state index in [2.05, 4.69) is 10.5 Å². The number of amides is 1. The first kappa shape index (κ1) is 22.2. The highest BCUT2D eigenvalue weighted by Gasteiger charge is 2.23. The molecule has 0 spiro atoms. The van der Waals surface area contributed by atoms with Gasteiger partial charge in [0.25, 0.3) is 5.91 Å². The van der Waals surface area contributed by atoms with Gasteiger partial charge in [-0.2, -0.15) is 5.10 Å². The Bertz CT molecular complexity index is 920. The Labute approximate surface area is 180 Å². The molecule has 0 aliphatic carbocycles. The summed E-state index contributed by atoms with van der Waals surface area (Å²) in [5.74, 6) is 2.26. The highest BCUT2D eigenvalue weighted by molar-refractivity contribution is 5.86. The van der Waals surface area contributed by atoms with Crippen molar-refractivity contribution >= 4 is 12.1 Å². The molecule has 1 atom stereocenters. The van der Waals surface area contributed by atoms with E-state index in [-0.39, 0.29) is 0 Å². The molecule has 1 heterocycles. The average molecular weight is 430 g/mol. The molecule has 31 heavy (non-hydrogen) atoms. The number of hydrazone groups is 1. The van der Waals surface area contributed by atoms with Gasteiger partial charge >= 0.3 is 0 Å². The molecule has 166 valence electrons. The molecule has 1 N–H and O–H groups in total. The molecule has 0 bridgehead atoms. The molecular formula is C22H26N2O7. The number of nitrogens with zero attached hydrogens (tertiary/aromatic N) is 1. The SMILES string of the molecule is CCOC(C(=O)N/N=C/c1cc(OC)c(OC)c(OC)c1)c1ccc2c(c1)OCCO2. The van der Waals surface area contributed by atoms with Crippen LogP contribution >= 0.6 is 0 Å². The predicted molar refractivity (Wildman–Crippen MR) is 114 cm³/mol. The van der Waals surface area contributed by atoms with Gasteiger partial charge < -0.3 is 28.4 Å². The van der Waals surface area contributed by atoms with Crippen molar-refractivity contribution in [3.63, 3.8) is 0 Å². The van der Waals surface area contributed by atoms with Gasteiger partial charge in [-0.15, -0.1) is 0 Å². The molecule has 2 aromatic carbocycles. The number of benzene rings is 2. The molecule has 0 aromatic heterocycles. The fourth-order valence-electron chi connectivity index (χ4n) is 3.12. The number of rotatable bonds is 9. The number of ether oxygens (including phenoxy) is 6. The molecule has 0 saturated heterocycles. The van der Waals surface area contributed by atoms with Gasteiger partial charge in [0.15, 0.2) is 29.1 Å². The van der Waals surface area contributed by atoms with E-state index in [1.54, 1.807) is 30.3 Å². The minimum absolute atomic E-state index is 0.350. The Hall–Kier alpha value is -3.46. The Morgan fingerprint density at radius 2 is 1.74 bits per heavy atom. The zero-order chi connectivity index (χ0) is 22.2. The summed E-state index contributed by atoms with van der Waals surface area (Å²) in [6, 6.07) is 8.73. The van der Waals surface area contributed by atoms with Crippen molar-refractivity contribution < 1.29 is 33.2 Å². The maximum atomic E-state index is 12.7. The van der Waals surface area contributed by atoms with Crippen LogP contribution in [0.1, 0.15) is 24.2 Å². The van der Waals surface area contributed by atoms with E-state index in [1.165, 1.54) is 27.5 Å². The first-order valence-electron chi connectivity index (χ1n) is 9.75. The van der Waals surface area contributed by atoms with E-state index < -0.39 is 12.0 Å². The largest absolute Gasteiger partial charge is 0.493 e. The molecule has 1 unspecified atom stereocenters. The monoisotopic (exact) mass is 430 g/mol. The van der Waals surface area contributed by atoms with E-state index >= 15 is 0 Å². The van der Waals surface area contributed by atoms with Crippen molar-refractivity contribution in [2.24, 2.45) is 5.10 Å². The van der Waals surface area contributed by atoms with E-state index in [0.717, 1.165) is 0 Å². The lowest BCUT2D eigenvalue weighted by molar-refractivity contribution is -0.133. The van der Waals surface area contributed by atoms with Crippen LogP contribution in [-0.2, 0) is 9.53 Å². The van der Waals surface area contributed by atoms with Crippen LogP contribution in [0, 0.1) is 0 Å². The second kappa shape index (κ2) is 10.5. The fourth-order valence-corrected chi connectivity index (χ4v) is 3.12. The van der Waals surface area contributed by atoms with Crippen molar-refractivity contribution in [3.8, 4) is 28.7 Å². The number of methoxy groups -OCH3 is 3. The van der Waals surface area contributed by atoms with Crippen molar-refractivity contribution in [1.29, 1.82) is 0 Å². The van der Waals surface area contributed by atoms with Crippen molar-refractivity contribution in [2.75, 3.05) is 41.2 Å². The molecule has 0 radical (unpaired) electrons. The van der Waals surface area contributed by atoms with Crippen LogP contribution in [0.15, 0.2) is 35.4 Å². The third kappa shape index (κ3) is 5.18. The highest BCUT2D eigenvalue weighted by Crippen LogP contribution is 2.38. The second-order valence-electron chi connectivity index (χ2n) is 6.43. The molecule has 9 nitrogen and oxygen atoms in total. The maximum Gasteiger partial charge on any atom is 0.273 e. The zero-order valence-corrected chi connectivity index (χ0v) is 18.0. The quantitative estimate of drug-likeness (QED) is 0.483. The normalized spacial score (nSPS) is 13.5. The zero-order valence-electron chi connectivity index (χ0n) is 18.0. The number of carbonyl (C=O) groups is 1. The van der Waals surface area contributed by atoms with Crippen LogP contribution in [0.5, 0.6) is 28.7 Å². The maximum absolute atomic E-state index is 12.7. The number of hydrogen-bond acceptors (Lipinski definition) is 8. The minimum Gasteiger partial charge on any atom is -0.493 e. The first-order chi connectivity index (χ1) is 15.1. The third-order valence-corrected chi connectivity index (χ3v) is 4.52. The van der Waals surface area contributed by atoms with Gasteiger partial charge in [0.1, 0.15) is 13.2 Å². The van der Waals surface area contributed by atoms with Crippen LogP contribution in [0.3, 0.4) is 0 Å². The molecule has 0 saturated carbocycles. The highest BCUT2D eigenvalue weighted by atomic mass is 16.6. The third-order valence-electron chi connectivity index (χ3n) is 4.52. The number of nitrogens with one attached hydrogen (secondary N) is 1. The van der Waals surface area contributed by atoms with Gasteiger partial charge in [-0.25, -0.2) is 5.43 Å². The Balaban J connectivity index is 1.75. The molecule has 2 aromatic rings. The Morgan fingerprint density at radius 1 is 1.06 bits per heavy atom. The lowest BCUT2D eigenvalue weighted by Gasteiger charge is -2.21. The van der Waals surface area contributed by atoms with Crippen molar-refractivity contribution in [2.45, 2.75) is 13.0 Å². The molecular weight excluding hydrogens is 404 g/mol. The predicted octanol–water partition coefficient (Wildman–Crippen LogP) is 2.71. The Kier molecular flexibility index (Phi) is 7.55. The Morgan fingerprint density at radius 3 is 2.35 bits per heavy atom. The summed E-state index contributed by atoms with van der Waals surface area (Å²) >= 11 is 0. The summed E-state index contributed by atoms with van der Waals surface area (Å²) in [4.78, 5) is 12.7. The second-order valence-corrected chi connectivity index (χ2v) is 6.43. The summed E-state index contributed by atoms with van der Waals surface area (Å²) in [7, 11) is 4.58. The van der Waals surface area contributed by atoms with E-state index in [1.807, 2.05) is 6.92 Å². The lowest BCUT2D eigenvalue weighted by Crippen LogP contribution is -2.27. The summed E-state index contributed by atoms with van der Waals surface area (Å²) in [5, 5.41) is 4.05. The van der Waals surface area contributed by atoms with Gasteiger partial charge in [-0.1, -0.05) is 6.07 Å². The summed E-state index contributed by atoms with van der Waals surface area (Å²) in [5.41, 5.74) is 3.82. The van der Waals surface area contributed by atoms with E-state index in [0.29, 0.717) is 59.7 Å². The standard InChI is InChI=1S/C22H26N2O7/c1-5-29-20(15-6-7-16-17(12-15)31-9-8-30-16)22(25)24-23-13-14-10-18(26-2)21(28-4)19(11-14)27-3/h6-7,10-13,20H,5,8-9H2,1-4H3,(H,24,25)/b23-13+. The molecule has 1 aliphatic heterocycles. The molecule has 0 fully saturated rings. The molecule has 9 heteroatoms. The fraction of sp³-hybridized carbons (Fsp3) is 0.364. The van der Waals surface area contributed by atoms with Gasteiger partial charge in [0, 0.05) is 12.2 Å². The van der Waals surface area contributed by atoms with E-state index in [4.69, 9.17) is 28.4 Å². The summed E-state index contributed by atoms with van der Waals surface area (Å²) in [6.45, 7) is 3.12. The van der Waals surface area contributed by atoms with Crippen molar-refractivity contribution in [3.05, 3.63) is 41.5 Å². The van der Waals surface area contributed by atoms with Crippen LogP contribution in [-0.4, -0.2) is 53.3 Å². The van der Waals surface area contributed by atoms with Crippen LogP contribution < -0.4 is 29.1 Å². The lowest BCUT2D eigenvalue weighted by atomic mass is 10.1. The van der Waals surface area contributed by atoms with Gasteiger partial charge in [0.05, 0.1) is 27.5 Å². The molecule has 3 rings (SSSR count). The van der Waals surface area contributed by atoms with Crippen LogP contribution in [0.2, 0.25) is 0 Å². The summed E-state index contributed by atoms with van der Waals surface area (Å²) < 4.78 is 32.7.